The average molecular weight is 237 g/mol. The second-order valence-corrected chi connectivity index (χ2v) is 6.88. The summed E-state index contributed by atoms with van der Waals surface area (Å²) in [6.07, 6.45) is 13.8. The molecule has 2 heteroatoms. The molecule has 3 aliphatic rings. The van der Waals surface area contributed by atoms with Crippen LogP contribution in [0.1, 0.15) is 71.1 Å². The van der Waals surface area contributed by atoms with Crippen LogP contribution in [0.4, 0.5) is 0 Å². The van der Waals surface area contributed by atoms with E-state index in [2.05, 4.69) is 6.92 Å². The van der Waals surface area contributed by atoms with Gasteiger partial charge < -0.3 is 10.5 Å². The topological polar surface area (TPSA) is 35.2 Å². The van der Waals surface area contributed by atoms with Crippen molar-refractivity contribution in [2.75, 3.05) is 0 Å². The highest BCUT2D eigenvalue weighted by Gasteiger charge is 2.50. The Bertz CT molecular complexity index is 277. The van der Waals surface area contributed by atoms with Crippen molar-refractivity contribution < 1.29 is 4.74 Å². The molecule has 1 aliphatic heterocycles. The van der Waals surface area contributed by atoms with Gasteiger partial charge in [-0.25, -0.2) is 0 Å². The molecule has 2 N–H and O–H groups in total. The van der Waals surface area contributed by atoms with Gasteiger partial charge >= 0.3 is 0 Å². The van der Waals surface area contributed by atoms with Crippen molar-refractivity contribution >= 4 is 0 Å². The fourth-order valence-corrected chi connectivity index (χ4v) is 4.06. The van der Waals surface area contributed by atoms with Gasteiger partial charge in [-0.05, 0) is 57.3 Å². The molecule has 17 heavy (non-hydrogen) atoms. The molecule has 1 heterocycles. The van der Waals surface area contributed by atoms with Gasteiger partial charge in [-0.1, -0.05) is 19.3 Å². The Morgan fingerprint density at radius 3 is 2.41 bits per heavy atom. The molecule has 0 aromatic rings. The molecule has 0 bridgehead atoms. The van der Waals surface area contributed by atoms with E-state index in [-0.39, 0.29) is 5.60 Å². The summed E-state index contributed by atoms with van der Waals surface area (Å²) in [6.45, 7) is 2.18. The van der Waals surface area contributed by atoms with E-state index in [1.807, 2.05) is 0 Å². The van der Waals surface area contributed by atoms with E-state index in [4.69, 9.17) is 10.5 Å². The van der Waals surface area contributed by atoms with Gasteiger partial charge in [-0.2, -0.15) is 0 Å². The van der Waals surface area contributed by atoms with Crippen LogP contribution >= 0.6 is 0 Å². The van der Waals surface area contributed by atoms with Gasteiger partial charge in [0.25, 0.3) is 0 Å². The maximum atomic E-state index is 6.46. The number of ether oxygens (including phenoxy) is 1. The Morgan fingerprint density at radius 1 is 1.12 bits per heavy atom. The van der Waals surface area contributed by atoms with Crippen LogP contribution in [0.3, 0.4) is 0 Å². The van der Waals surface area contributed by atoms with Gasteiger partial charge in [-0.15, -0.1) is 0 Å². The van der Waals surface area contributed by atoms with Gasteiger partial charge in [0.15, 0.2) is 0 Å². The first-order valence-electron chi connectivity index (χ1n) is 7.58. The van der Waals surface area contributed by atoms with E-state index in [9.17, 15) is 0 Å². The maximum absolute atomic E-state index is 6.46. The number of hydrogen-bond acceptors (Lipinski definition) is 2. The smallest absolute Gasteiger partial charge is 0.0687 e. The number of nitrogens with two attached hydrogens (primary N) is 1. The summed E-state index contributed by atoms with van der Waals surface area (Å²) in [5, 5.41) is 0. The highest BCUT2D eigenvalue weighted by Crippen LogP contribution is 2.54. The molecule has 1 saturated heterocycles. The Balaban J connectivity index is 1.57. The zero-order valence-electron chi connectivity index (χ0n) is 11.2. The molecule has 0 aromatic heterocycles. The minimum atomic E-state index is 0.289. The Labute approximate surface area is 105 Å². The van der Waals surface area contributed by atoms with E-state index >= 15 is 0 Å². The summed E-state index contributed by atoms with van der Waals surface area (Å²) in [6, 6.07) is 0.356. The molecule has 3 fully saturated rings. The van der Waals surface area contributed by atoms with Crippen LogP contribution in [0, 0.1) is 5.41 Å². The predicted octanol–water partition coefficient (Wildman–Crippen LogP) is 3.39. The molecule has 2 nitrogen and oxygen atoms in total. The first-order valence-corrected chi connectivity index (χ1v) is 7.58. The molecule has 2 atom stereocenters. The Morgan fingerprint density at radius 2 is 1.82 bits per heavy atom. The van der Waals surface area contributed by atoms with Crippen molar-refractivity contribution in [1.82, 2.24) is 0 Å². The van der Waals surface area contributed by atoms with Crippen LogP contribution in [0.5, 0.6) is 0 Å². The first kappa shape index (κ1) is 12.0. The molecule has 2 saturated carbocycles. The third kappa shape index (κ3) is 2.26. The fraction of sp³-hybridized carbons (Fsp3) is 1.00. The second-order valence-electron chi connectivity index (χ2n) is 6.88. The van der Waals surface area contributed by atoms with Crippen LogP contribution in [0.25, 0.3) is 0 Å². The molecule has 0 aromatic carbocycles. The lowest BCUT2D eigenvalue weighted by Crippen LogP contribution is -2.34. The van der Waals surface area contributed by atoms with Gasteiger partial charge in [0.05, 0.1) is 11.7 Å². The average Bonchev–Trinajstić information content (AvgIpc) is 3.00. The molecular weight excluding hydrogens is 210 g/mol. The minimum absolute atomic E-state index is 0.289. The number of rotatable bonds is 3. The van der Waals surface area contributed by atoms with Crippen LogP contribution < -0.4 is 5.73 Å². The molecule has 1 spiro atoms. The lowest BCUT2D eigenvalue weighted by atomic mass is 9.82. The summed E-state index contributed by atoms with van der Waals surface area (Å²) in [5.74, 6) is 0. The third-order valence-electron chi connectivity index (χ3n) is 5.60. The summed E-state index contributed by atoms with van der Waals surface area (Å²) in [7, 11) is 0. The zero-order chi connectivity index (χ0) is 11.9. The van der Waals surface area contributed by atoms with Crippen LogP contribution in [0.15, 0.2) is 0 Å². The first-order chi connectivity index (χ1) is 8.14. The highest BCUT2D eigenvalue weighted by molar-refractivity contribution is 5.02. The van der Waals surface area contributed by atoms with Crippen LogP contribution in [-0.2, 0) is 4.74 Å². The Kier molecular flexibility index (Phi) is 2.99. The zero-order valence-corrected chi connectivity index (χ0v) is 11.2. The number of hydrogen-bond donors (Lipinski definition) is 1. The molecule has 98 valence electrons. The van der Waals surface area contributed by atoms with Crippen molar-refractivity contribution in [3.63, 3.8) is 0 Å². The molecule has 3 rings (SSSR count). The maximum Gasteiger partial charge on any atom is 0.0687 e. The van der Waals surface area contributed by atoms with E-state index in [0.717, 1.165) is 0 Å². The van der Waals surface area contributed by atoms with Crippen LogP contribution in [0.2, 0.25) is 0 Å². The van der Waals surface area contributed by atoms with Gasteiger partial charge in [0.2, 0.25) is 0 Å². The summed E-state index contributed by atoms with van der Waals surface area (Å²) in [5.41, 5.74) is 6.86. The lowest BCUT2D eigenvalue weighted by molar-refractivity contribution is -0.0719. The standard InChI is InChI=1S/C15H27NO/c1-12(16)14(9-10-14)11-13-5-8-15(17-13)6-3-2-4-7-15/h12-13H,2-11,16H2,1H3. The normalized spacial score (nSPS) is 36.0. The quantitative estimate of drug-likeness (QED) is 0.816. The van der Waals surface area contributed by atoms with E-state index < -0.39 is 0 Å². The predicted molar refractivity (Wildman–Crippen MR) is 69.9 cm³/mol. The largest absolute Gasteiger partial charge is 0.372 e. The van der Waals surface area contributed by atoms with Crippen molar-refractivity contribution in [3.8, 4) is 0 Å². The molecule has 0 amide bonds. The van der Waals surface area contributed by atoms with Gasteiger partial charge in [0, 0.05) is 6.04 Å². The highest BCUT2D eigenvalue weighted by atomic mass is 16.5. The molecule has 2 aliphatic carbocycles. The summed E-state index contributed by atoms with van der Waals surface area (Å²) >= 11 is 0. The third-order valence-corrected chi connectivity index (χ3v) is 5.60. The second kappa shape index (κ2) is 4.24. The minimum Gasteiger partial charge on any atom is -0.372 e. The molecule has 2 unspecified atom stereocenters. The molecular formula is C15H27NO. The van der Waals surface area contributed by atoms with Gasteiger partial charge in [-0.3, -0.25) is 0 Å². The van der Waals surface area contributed by atoms with Crippen molar-refractivity contribution in [1.29, 1.82) is 0 Å². The van der Waals surface area contributed by atoms with E-state index in [1.54, 1.807) is 0 Å². The van der Waals surface area contributed by atoms with E-state index in [0.29, 0.717) is 17.6 Å². The van der Waals surface area contributed by atoms with Crippen molar-refractivity contribution in [2.45, 2.75) is 88.9 Å². The lowest BCUT2D eigenvalue weighted by Gasteiger charge is -2.34. The summed E-state index contributed by atoms with van der Waals surface area (Å²) in [4.78, 5) is 0. The van der Waals surface area contributed by atoms with Crippen LogP contribution in [-0.4, -0.2) is 17.7 Å². The fourth-order valence-electron chi connectivity index (χ4n) is 4.06. The SMILES string of the molecule is CC(N)C1(CC2CCC3(CCCCC3)O2)CC1. The Hall–Kier alpha value is -0.0800. The molecule has 0 radical (unpaired) electrons. The van der Waals surface area contributed by atoms with E-state index in [1.165, 1.54) is 64.2 Å². The van der Waals surface area contributed by atoms with Gasteiger partial charge in [0.1, 0.15) is 0 Å². The monoisotopic (exact) mass is 237 g/mol. The van der Waals surface area contributed by atoms with Crippen molar-refractivity contribution in [2.24, 2.45) is 11.1 Å². The van der Waals surface area contributed by atoms with Crippen molar-refractivity contribution in [3.05, 3.63) is 0 Å². The summed E-state index contributed by atoms with van der Waals surface area (Å²) < 4.78 is 6.46.